The maximum Gasteiger partial charge on any atom is 0.237 e. The lowest BCUT2D eigenvalue weighted by Crippen LogP contribution is -2.41. The summed E-state index contributed by atoms with van der Waals surface area (Å²) in [4.78, 5) is 11.9. The summed E-state index contributed by atoms with van der Waals surface area (Å²) in [6.45, 7) is 0.516. The van der Waals surface area contributed by atoms with Gasteiger partial charge in [-0.2, -0.15) is 0 Å². The second kappa shape index (κ2) is 6.20. The topological polar surface area (TPSA) is 60.0 Å². The van der Waals surface area contributed by atoms with Gasteiger partial charge >= 0.3 is 0 Å². The van der Waals surface area contributed by atoms with Crippen LogP contribution in [0.2, 0.25) is 0 Å². The lowest BCUT2D eigenvalue weighted by molar-refractivity contribution is -0.122. The van der Waals surface area contributed by atoms with E-state index in [4.69, 9.17) is 5.73 Å². The predicted molar refractivity (Wildman–Crippen MR) is 75.4 cm³/mol. The first-order chi connectivity index (χ1) is 9.15. The molecule has 1 aromatic carbocycles. The molecule has 1 atom stereocenters. The number of hydrogen-bond acceptors (Lipinski definition) is 2. The molecule has 4 nitrogen and oxygen atoms in total. The van der Waals surface area contributed by atoms with Crippen LogP contribution in [0.15, 0.2) is 48.8 Å². The molecule has 19 heavy (non-hydrogen) atoms. The minimum Gasteiger partial charge on any atom is -0.357 e. The van der Waals surface area contributed by atoms with E-state index in [1.54, 1.807) is 0 Å². The van der Waals surface area contributed by atoms with Crippen molar-refractivity contribution < 1.29 is 4.79 Å². The molecule has 3 N–H and O–H groups in total. The number of hydrogen-bond donors (Lipinski definition) is 2. The second-order valence-corrected chi connectivity index (χ2v) is 4.70. The van der Waals surface area contributed by atoms with E-state index in [0.717, 1.165) is 11.1 Å². The number of aryl methyl sites for hydroxylation is 1. The first kappa shape index (κ1) is 13.4. The fraction of sp³-hybridized carbons (Fsp3) is 0.267. The molecule has 0 spiro atoms. The highest BCUT2D eigenvalue weighted by atomic mass is 16.2. The van der Waals surface area contributed by atoms with Crippen molar-refractivity contribution in [1.29, 1.82) is 0 Å². The zero-order chi connectivity index (χ0) is 13.7. The maximum absolute atomic E-state index is 11.9. The van der Waals surface area contributed by atoms with Crippen LogP contribution >= 0.6 is 0 Å². The average Bonchev–Trinajstić information content (AvgIpc) is 2.83. The number of carbonyl (C=O) groups excluding carboxylic acids is 1. The molecular formula is C15H19N3O. The Morgan fingerprint density at radius 2 is 2.00 bits per heavy atom. The van der Waals surface area contributed by atoms with Gasteiger partial charge in [-0.1, -0.05) is 30.3 Å². The number of nitrogens with one attached hydrogen (secondary N) is 1. The van der Waals surface area contributed by atoms with E-state index in [1.807, 2.05) is 60.4 Å². The van der Waals surface area contributed by atoms with Crippen molar-refractivity contribution in [3.05, 3.63) is 59.9 Å². The number of aromatic nitrogens is 1. The molecule has 0 saturated heterocycles. The molecule has 4 heteroatoms. The number of carbonyl (C=O) groups is 1. The highest BCUT2D eigenvalue weighted by Crippen LogP contribution is 2.03. The minimum absolute atomic E-state index is 0.118. The largest absolute Gasteiger partial charge is 0.357 e. The Bertz CT molecular complexity index is 533. The lowest BCUT2D eigenvalue weighted by Gasteiger charge is -2.11. The van der Waals surface area contributed by atoms with Gasteiger partial charge in [0, 0.05) is 26.0 Å². The summed E-state index contributed by atoms with van der Waals surface area (Å²) in [5.74, 6) is -0.118. The number of amides is 1. The van der Waals surface area contributed by atoms with E-state index in [-0.39, 0.29) is 5.91 Å². The molecule has 1 amide bonds. The molecule has 1 heterocycles. The molecule has 2 aromatic rings. The third kappa shape index (κ3) is 3.96. The first-order valence-corrected chi connectivity index (χ1v) is 6.33. The van der Waals surface area contributed by atoms with Gasteiger partial charge in [0.2, 0.25) is 5.91 Å². The number of rotatable bonds is 5. The molecule has 100 valence electrons. The molecule has 0 aliphatic heterocycles. The summed E-state index contributed by atoms with van der Waals surface area (Å²) in [5.41, 5.74) is 8.05. The fourth-order valence-corrected chi connectivity index (χ4v) is 1.95. The quantitative estimate of drug-likeness (QED) is 0.846. The van der Waals surface area contributed by atoms with Gasteiger partial charge in [0.25, 0.3) is 0 Å². The standard InChI is InChI=1S/C15H19N3O/c1-18-8-7-13(11-18)10-17-15(19)14(16)9-12-5-3-2-4-6-12/h2-8,11,14H,9-10,16H2,1H3,(H,17,19)/t14-/m1/s1. The summed E-state index contributed by atoms with van der Waals surface area (Å²) in [6, 6.07) is 11.3. The van der Waals surface area contributed by atoms with Crippen LogP contribution in [0.3, 0.4) is 0 Å². The number of benzene rings is 1. The van der Waals surface area contributed by atoms with Crippen molar-refractivity contribution in [3.63, 3.8) is 0 Å². The molecule has 0 saturated carbocycles. The van der Waals surface area contributed by atoms with Crippen molar-refractivity contribution in [3.8, 4) is 0 Å². The third-order valence-electron chi connectivity index (χ3n) is 3.00. The molecule has 0 fully saturated rings. The third-order valence-corrected chi connectivity index (χ3v) is 3.00. The second-order valence-electron chi connectivity index (χ2n) is 4.70. The fourth-order valence-electron chi connectivity index (χ4n) is 1.95. The average molecular weight is 257 g/mol. The monoisotopic (exact) mass is 257 g/mol. The highest BCUT2D eigenvalue weighted by Gasteiger charge is 2.13. The van der Waals surface area contributed by atoms with Crippen LogP contribution < -0.4 is 11.1 Å². The van der Waals surface area contributed by atoms with E-state index in [0.29, 0.717) is 13.0 Å². The summed E-state index contributed by atoms with van der Waals surface area (Å²) in [5, 5.41) is 2.86. The molecule has 0 bridgehead atoms. The van der Waals surface area contributed by atoms with Crippen LogP contribution in [0.4, 0.5) is 0 Å². The Balaban J connectivity index is 1.82. The lowest BCUT2D eigenvalue weighted by atomic mass is 10.1. The van der Waals surface area contributed by atoms with E-state index in [9.17, 15) is 4.79 Å². The molecule has 0 unspecified atom stereocenters. The van der Waals surface area contributed by atoms with E-state index in [2.05, 4.69) is 5.32 Å². The van der Waals surface area contributed by atoms with Crippen molar-refractivity contribution in [2.45, 2.75) is 19.0 Å². The molecule has 2 rings (SSSR count). The van der Waals surface area contributed by atoms with Crippen LogP contribution in [0, 0.1) is 0 Å². The normalized spacial score (nSPS) is 12.1. The zero-order valence-electron chi connectivity index (χ0n) is 11.0. The molecule has 1 aromatic heterocycles. The van der Waals surface area contributed by atoms with Crippen molar-refractivity contribution in [1.82, 2.24) is 9.88 Å². The van der Waals surface area contributed by atoms with Crippen LogP contribution in [0.25, 0.3) is 0 Å². The molecule has 0 radical (unpaired) electrons. The Kier molecular flexibility index (Phi) is 4.36. The Hall–Kier alpha value is -2.07. The minimum atomic E-state index is -0.508. The predicted octanol–water partition coefficient (Wildman–Crippen LogP) is 1.21. The van der Waals surface area contributed by atoms with Gasteiger partial charge in [-0.25, -0.2) is 0 Å². The summed E-state index contributed by atoms with van der Waals surface area (Å²) < 4.78 is 1.95. The zero-order valence-corrected chi connectivity index (χ0v) is 11.0. The summed E-state index contributed by atoms with van der Waals surface area (Å²) in [6.07, 6.45) is 4.48. The maximum atomic E-state index is 11.9. The summed E-state index contributed by atoms with van der Waals surface area (Å²) >= 11 is 0. The van der Waals surface area contributed by atoms with E-state index in [1.165, 1.54) is 0 Å². The molecule has 0 aliphatic carbocycles. The van der Waals surface area contributed by atoms with Gasteiger partial charge in [0.05, 0.1) is 6.04 Å². The number of nitrogens with zero attached hydrogens (tertiary/aromatic N) is 1. The smallest absolute Gasteiger partial charge is 0.237 e. The van der Waals surface area contributed by atoms with Crippen LogP contribution in [0.1, 0.15) is 11.1 Å². The summed E-state index contributed by atoms with van der Waals surface area (Å²) in [7, 11) is 1.95. The van der Waals surface area contributed by atoms with E-state index < -0.39 is 6.04 Å². The highest BCUT2D eigenvalue weighted by molar-refractivity contribution is 5.81. The molecule has 0 aliphatic rings. The van der Waals surface area contributed by atoms with Gasteiger partial charge in [0.1, 0.15) is 0 Å². The Morgan fingerprint density at radius 1 is 1.26 bits per heavy atom. The van der Waals surface area contributed by atoms with Crippen molar-refractivity contribution in [2.24, 2.45) is 12.8 Å². The number of nitrogens with two attached hydrogens (primary N) is 1. The van der Waals surface area contributed by atoms with Gasteiger partial charge in [-0.05, 0) is 23.6 Å². The van der Waals surface area contributed by atoms with Crippen molar-refractivity contribution in [2.75, 3.05) is 0 Å². The van der Waals surface area contributed by atoms with E-state index >= 15 is 0 Å². The van der Waals surface area contributed by atoms with Gasteiger partial charge < -0.3 is 15.6 Å². The van der Waals surface area contributed by atoms with Crippen LogP contribution in [0.5, 0.6) is 0 Å². The Labute approximate surface area is 113 Å². The van der Waals surface area contributed by atoms with Gasteiger partial charge in [0.15, 0.2) is 0 Å². The van der Waals surface area contributed by atoms with Crippen molar-refractivity contribution >= 4 is 5.91 Å². The van der Waals surface area contributed by atoms with Crippen LogP contribution in [-0.2, 0) is 24.8 Å². The SMILES string of the molecule is Cn1ccc(CNC(=O)[C@H](N)Cc2ccccc2)c1. The first-order valence-electron chi connectivity index (χ1n) is 6.33. The van der Waals surface area contributed by atoms with Crippen LogP contribution in [-0.4, -0.2) is 16.5 Å². The Morgan fingerprint density at radius 3 is 2.63 bits per heavy atom. The van der Waals surface area contributed by atoms with Gasteiger partial charge in [-0.15, -0.1) is 0 Å². The van der Waals surface area contributed by atoms with Gasteiger partial charge in [-0.3, -0.25) is 4.79 Å². The molecular weight excluding hydrogens is 238 g/mol.